The van der Waals surface area contributed by atoms with Crippen LogP contribution in [0.5, 0.6) is 0 Å². The Labute approximate surface area is 143 Å². The molecule has 1 saturated heterocycles. The fourth-order valence-corrected chi connectivity index (χ4v) is 3.72. The van der Waals surface area contributed by atoms with Crippen molar-refractivity contribution in [2.75, 3.05) is 31.6 Å². The van der Waals surface area contributed by atoms with E-state index in [1.54, 1.807) is 26.0 Å². The van der Waals surface area contributed by atoms with Gasteiger partial charge in [-0.05, 0) is 45.0 Å². The highest BCUT2D eigenvalue weighted by Crippen LogP contribution is 2.15. The summed E-state index contributed by atoms with van der Waals surface area (Å²) in [6.45, 7) is 8.10. The largest absolute Gasteiger partial charge is 0.379 e. The first-order valence-electron chi connectivity index (χ1n) is 8.04. The molecule has 0 spiro atoms. The summed E-state index contributed by atoms with van der Waals surface area (Å²) in [5.41, 5.74) is 0.573. The maximum atomic E-state index is 12.3. The van der Waals surface area contributed by atoms with Gasteiger partial charge in [-0.15, -0.1) is 0 Å². The zero-order chi connectivity index (χ0) is 17.7. The summed E-state index contributed by atoms with van der Waals surface area (Å²) < 4.78 is 32.0. The van der Waals surface area contributed by atoms with Gasteiger partial charge in [0.2, 0.25) is 15.9 Å². The Hall–Kier alpha value is -1.48. The summed E-state index contributed by atoms with van der Waals surface area (Å²) in [5.74, 6) is -0.118. The van der Waals surface area contributed by atoms with Gasteiger partial charge in [-0.3, -0.25) is 9.69 Å². The van der Waals surface area contributed by atoms with Crippen LogP contribution in [-0.4, -0.2) is 57.6 Å². The molecule has 0 radical (unpaired) electrons. The average molecular weight is 355 g/mol. The molecule has 134 valence electrons. The van der Waals surface area contributed by atoms with Crippen LogP contribution in [0.2, 0.25) is 0 Å². The van der Waals surface area contributed by atoms with Crippen molar-refractivity contribution < 1.29 is 17.9 Å². The molecule has 0 aromatic heterocycles. The molecule has 1 amide bonds. The number of carbonyl (C=O) groups is 1. The van der Waals surface area contributed by atoms with Gasteiger partial charge in [0.1, 0.15) is 0 Å². The monoisotopic (exact) mass is 355 g/mol. The summed E-state index contributed by atoms with van der Waals surface area (Å²) in [4.78, 5) is 14.6. The molecule has 1 aliphatic rings. The summed E-state index contributed by atoms with van der Waals surface area (Å²) in [5, 5.41) is 2.82. The van der Waals surface area contributed by atoms with Crippen LogP contribution in [0.3, 0.4) is 0 Å². The molecule has 2 rings (SSSR count). The zero-order valence-corrected chi connectivity index (χ0v) is 15.1. The van der Waals surface area contributed by atoms with E-state index in [2.05, 4.69) is 14.9 Å². The second kappa shape index (κ2) is 8.06. The quantitative estimate of drug-likeness (QED) is 0.796. The first-order valence-corrected chi connectivity index (χ1v) is 9.53. The Kier molecular flexibility index (Phi) is 6.34. The second-order valence-corrected chi connectivity index (χ2v) is 7.83. The number of nitrogens with one attached hydrogen (secondary N) is 2. The Morgan fingerprint density at radius 3 is 2.25 bits per heavy atom. The smallest absolute Gasteiger partial charge is 0.241 e. The Balaban J connectivity index is 1.99. The molecule has 1 aromatic carbocycles. The van der Waals surface area contributed by atoms with Crippen molar-refractivity contribution in [3.63, 3.8) is 0 Å². The molecule has 8 heteroatoms. The van der Waals surface area contributed by atoms with Crippen LogP contribution in [0, 0.1) is 0 Å². The molecule has 24 heavy (non-hydrogen) atoms. The normalized spacial score (nSPS) is 17.7. The Morgan fingerprint density at radius 2 is 1.71 bits per heavy atom. The van der Waals surface area contributed by atoms with Gasteiger partial charge in [-0.2, -0.15) is 0 Å². The number of benzene rings is 1. The number of hydrogen-bond acceptors (Lipinski definition) is 5. The Bertz CT molecular complexity index is 652. The molecule has 0 bridgehead atoms. The minimum absolute atomic E-state index is 0.118. The van der Waals surface area contributed by atoms with E-state index in [-0.39, 0.29) is 22.9 Å². The maximum absolute atomic E-state index is 12.3. The zero-order valence-electron chi connectivity index (χ0n) is 14.3. The molecular weight excluding hydrogens is 330 g/mol. The number of morpholine rings is 1. The van der Waals surface area contributed by atoms with Gasteiger partial charge in [0, 0.05) is 24.8 Å². The molecule has 7 nitrogen and oxygen atoms in total. The predicted molar refractivity (Wildman–Crippen MR) is 92.4 cm³/mol. The van der Waals surface area contributed by atoms with Crippen molar-refractivity contribution in [1.82, 2.24) is 9.62 Å². The first kappa shape index (κ1) is 18.9. The number of hydrogen-bond donors (Lipinski definition) is 2. The van der Waals surface area contributed by atoms with E-state index in [9.17, 15) is 13.2 Å². The third-order valence-corrected chi connectivity index (χ3v) is 5.47. The topological polar surface area (TPSA) is 87.7 Å². The fraction of sp³-hybridized carbons (Fsp3) is 0.562. The van der Waals surface area contributed by atoms with Gasteiger partial charge in [0.15, 0.2) is 0 Å². The van der Waals surface area contributed by atoms with Crippen molar-refractivity contribution in [3.8, 4) is 0 Å². The predicted octanol–water partition coefficient (Wildman–Crippen LogP) is 1.03. The van der Waals surface area contributed by atoms with Crippen LogP contribution in [0.1, 0.15) is 20.8 Å². The lowest BCUT2D eigenvalue weighted by molar-refractivity contribution is -0.122. The number of anilines is 1. The van der Waals surface area contributed by atoms with Gasteiger partial charge in [0.25, 0.3) is 0 Å². The molecule has 1 aromatic rings. The lowest BCUT2D eigenvalue weighted by Crippen LogP contribution is -2.47. The number of amides is 1. The van der Waals surface area contributed by atoms with E-state index in [1.165, 1.54) is 12.1 Å². The SMILES string of the molecule is CC(C)NS(=O)(=O)c1ccc(NC(=O)[C@H](C)N2CCOCC2)cc1. The molecule has 0 unspecified atom stereocenters. The molecular formula is C16H25N3O4S. The molecule has 1 fully saturated rings. The van der Waals surface area contributed by atoms with E-state index in [0.29, 0.717) is 18.9 Å². The van der Waals surface area contributed by atoms with Gasteiger partial charge in [-0.1, -0.05) is 0 Å². The van der Waals surface area contributed by atoms with Gasteiger partial charge < -0.3 is 10.1 Å². The van der Waals surface area contributed by atoms with E-state index >= 15 is 0 Å². The van der Waals surface area contributed by atoms with Crippen molar-refractivity contribution in [2.24, 2.45) is 0 Å². The fourth-order valence-electron chi connectivity index (χ4n) is 2.47. The minimum Gasteiger partial charge on any atom is -0.379 e. The van der Waals surface area contributed by atoms with Crippen LogP contribution in [0.25, 0.3) is 0 Å². The van der Waals surface area contributed by atoms with Gasteiger partial charge >= 0.3 is 0 Å². The summed E-state index contributed by atoms with van der Waals surface area (Å²) in [7, 11) is -3.52. The second-order valence-electron chi connectivity index (χ2n) is 6.11. The molecule has 0 saturated carbocycles. The van der Waals surface area contributed by atoms with Crippen LogP contribution in [0.15, 0.2) is 29.2 Å². The summed E-state index contributed by atoms with van der Waals surface area (Å²) in [6.07, 6.45) is 0. The van der Waals surface area contributed by atoms with E-state index in [1.807, 2.05) is 6.92 Å². The number of nitrogens with zero attached hydrogens (tertiary/aromatic N) is 1. The van der Waals surface area contributed by atoms with Gasteiger partial charge in [0.05, 0.1) is 24.2 Å². The maximum Gasteiger partial charge on any atom is 0.241 e. The number of ether oxygens (including phenoxy) is 1. The van der Waals surface area contributed by atoms with Crippen LogP contribution in [-0.2, 0) is 19.6 Å². The molecule has 1 aliphatic heterocycles. The van der Waals surface area contributed by atoms with Crippen molar-refractivity contribution in [2.45, 2.75) is 37.8 Å². The lowest BCUT2D eigenvalue weighted by Gasteiger charge is -2.31. The minimum atomic E-state index is -3.52. The third-order valence-electron chi connectivity index (χ3n) is 3.80. The van der Waals surface area contributed by atoms with E-state index < -0.39 is 10.0 Å². The van der Waals surface area contributed by atoms with Crippen LogP contribution in [0.4, 0.5) is 5.69 Å². The van der Waals surface area contributed by atoms with E-state index in [4.69, 9.17) is 4.74 Å². The molecule has 1 atom stereocenters. The van der Waals surface area contributed by atoms with Gasteiger partial charge in [-0.25, -0.2) is 13.1 Å². The number of sulfonamides is 1. The van der Waals surface area contributed by atoms with Crippen molar-refractivity contribution in [3.05, 3.63) is 24.3 Å². The average Bonchev–Trinajstić information content (AvgIpc) is 2.54. The third kappa shape index (κ3) is 5.01. The van der Waals surface area contributed by atoms with E-state index in [0.717, 1.165) is 13.1 Å². The standard InChI is InChI=1S/C16H25N3O4S/c1-12(2)18-24(21,22)15-6-4-14(5-7-15)17-16(20)13(3)19-8-10-23-11-9-19/h4-7,12-13,18H,8-11H2,1-3H3,(H,17,20)/t13-/m0/s1. The van der Waals surface area contributed by atoms with Crippen molar-refractivity contribution in [1.29, 1.82) is 0 Å². The molecule has 0 aliphatic carbocycles. The first-order chi connectivity index (χ1) is 11.3. The number of rotatable bonds is 6. The Morgan fingerprint density at radius 1 is 1.12 bits per heavy atom. The highest BCUT2D eigenvalue weighted by atomic mass is 32.2. The van der Waals surface area contributed by atoms with Crippen LogP contribution >= 0.6 is 0 Å². The highest BCUT2D eigenvalue weighted by Gasteiger charge is 2.23. The lowest BCUT2D eigenvalue weighted by atomic mass is 10.2. The number of carbonyl (C=O) groups excluding carboxylic acids is 1. The summed E-state index contributed by atoms with van der Waals surface area (Å²) in [6, 6.07) is 5.72. The molecule has 1 heterocycles. The van der Waals surface area contributed by atoms with Crippen LogP contribution < -0.4 is 10.0 Å². The molecule has 2 N–H and O–H groups in total. The van der Waals surface area contributed by atoms with Crippen molar-refractivity contribution >= 4 is 21.6 Å². The summed E-state index contributed by atoms with van der Waals surface area (Å²) >= 11 is 0. The highest BCUT2D eigenvalue weighted by molar-refractivity contribution is 7.89.